The Hall–Kier alpha value is -4.13. The highest BCUT2D eigenvalue weighted by Gasteiger charge is 2.34. The third kappa shape index (κ3) is 7.31. The first-order chi connectivity index (χ1) is 24.8. The Kier molecular flexibility index (Phi) is 9.65. The average Bonchev–Trinajstić information content (AvgIpc) is 3.98. The molecule has 0 amide bonds. The molecule has 0 aliphatic carbocycles. The van der Waals surface area contributed by atoms with Gasteiger partial charge in [-0.25, -0.2) is 19.9 Å². The third-order valence-corrected chi connectivity index (χ3v) is 11.9. The van der Waals surface area contributed by atoms with Crippen LogP contribution in [0.1, 0.15) is 84.3 Å². The molecule has 9 rings (SSSR count). The van der Waals surface area contributed by atoms with E-state index in [0.29, 0.717) is 32.6 Å². The second-order valence-electron chi connectivity index (χ2n) is 12.3. The number of aromatic nitrogens is 8. The number of rotatable bonds is 7. The minimum absolute atomic E-state index is 0.00907. The smallest absolute Gasteiger partial charge is 0.149 e. The topological polar surface area (TPSA) is 148 Å². The fourth-order valence-electron chi connectivity index (χ4n) is 6.05. The van der Waals surface area contributed by atoms with E-state index in [4.69, 9.17) is 29.3 Å². The van der Waals surface area contributed by atoms with E-state index < -0.39 is 0 Å². The number of nitrogens with zero attached hydrogens (tertiary/aromatic N) is 10. The van der Waals surface area contributed by atoms with Crippen molar-refractivity contribution < 1.29 is 14.2 Å². The molecule has 0 fully saturated rings. The van der Waals surface area contributed by atoms with E-state index in [1.807, 2.05) is 50.7 Å². The van der Waals surface area contributed by atoms with Crippen molar-refractivity contribution in [3.63, 3.8) is 0 Å². The monoisotopic (exact) mass is 758 g/mol. The average molecular weight is 759 g/mol. The summed E-state index contributed by atoms with van der Waals surface area (Å²) in [7, 11) is 1.67. The summed E-state index contributed by atoms with van der Waals surface area (Å²) in [6.07, 6.45) is 5.17. The van der Waals surface area contributed by atoms with Crippen molar-refractivity contribution in [2.45, 2.75) is 78.4 Å². The summed E-state index contributed by atoms with van der Waals surface area (Å²) in [5, 5.41) is 17.1. The number of aryl methyl sites for hydroxylation is 2. The van der Waals surface area contributed by atoms with E-state index >= 15 is 0 Å². The summed E-state index contributed by atoms with van der Waals surface area (Å²) >= 11 is 6.20. The number of benzene rings is 1. The van der Waals surface area contributed by atoms with Crippen molar-refractivity contribution in [3.05, 3.63) is 88.8 Å². The van der Waals surface area contributed by atoms with Crippen LogP contribution in [0.2, 0.25) is 0 Å². The Morgan fingerprint density at radius 3 is 2.18 bits per heavy atom. The van der Waals surface area contributed by atoms with Gasteiger partial charge in [-0.15, -0.1) is 22.7 Å². The van der Waals surface area contributed by atoms with Crippen LogP contribution in [0.4, 0.5) is 0 Å². The van der Waals surface area contributed by atoms with Gasteiger partial charge in [0.25, 0.3) is 0 Å². The minimum atomic E-state index is -0.0789. The zero-order valence-corrected chi connectivity index (χ0v) is 31.8. The van der Waals surface area contributed by atoms with Crippen molar-refractivity contribution >= 4 is 57.7 Å². The maximum Gasteiger partial charge on any atom is 0.149 e. The molecule has 0 saturated carbocycles. The SMILES string of the molecule is COc1ccc(Cn2cc3c(n2)C(C)OCc2sc(Cc4nsc(C)n4)nc2-3)cc1.Cc1nc(Cc2nc3c(s2)COC(C)C2=NN=CC23)ns1. The first-order valence-electron chi connectivity index (χ1n) is 16.4. The highest BCUT2D eigenvalue weighted by Crippen LogP contribution is 2.39. The van der Waals surface area contributed by atoms with Gasteiger partial charge in [-0.3, -0.25) is 4.68 Å². The molecule has 3 aliphatic rings. The molecule has 3 unspecified atom stereocenters. The van der Waals surface area contributed by atoms with E-state index in [1.165, 1.54) is 23.1 Å². The summed E-state index contributed by atoms with van der Waals surface area (Å²) in [5.41, 5.74) is 6.10. The van der Waals surface area contributed by atoms with Crippen molar-refractivity contribution in [3.8, 4) is 17.0 Å². The number of hydrogen-bond acceptors (Lipinski definition) is 16. The first kappa shape index (κ1) is 34.0. The van der Waals surface area contributed by atoms with Crippen LogP contribution in [0.15, 0.2) is 40.7 Å². The molecular weight excluding hydrogens is 725 g/mol. The Bertz CT molecular complexity index is 2230. The van der Waals surface area contributed by atoms with Crippen molar-refractivity contribution in [1.29, 1.82) is 0 Å². The van der Waals surface area contributed by atoms with Crippen molar-refractivity contribution in [1.82, 2.24) is 38.5 Å². The van der Waals surface area contributed by atoms with Crippen LogP contribution in [0.3, 0.4) is 0 Å². The third-order valence-electron chi connectivity index (χ3n) is 8.55. The first-order valence-corrected chi connectivity index (χ1v) is 19.6. The van der Waals surface area contributed by atoms with Gasteiger partial charge in [0.1, 0.15) is 43.1 Å². The van der Waals surface area contributed by atoms with Gasteiger partial charge in [-0.1, -0.05) is 12.1 Å². The van der Waals surface area contributed by atoms with Crippen LogP contribution in [0.5, 0.6) is 5.75 Å². The van der Waals surface area contributed by atoms with E-state index in [-0.39, 0.29) is 18.1 Å². The lowest BCUT2D eigenvalue weighted by atomic mass is 9.98. The number of hydrogen-bond donors (Lipinski definition) is 0. The molecule has 3 atom stereocenters. The Labute approximate surface area is 310 Å². The van der Waals surface area contributed by atoms with E-state index in [2.05, 4.69) is 47.2 Å². The van der Waals surface area contributed by atoms with E-state index in [9.17, 15) is 0 Å². The van der Waals surface area contributed by atoms with E-state index in [0.717, 1.165) is 81.1 Å². The molecule has 0 N–H and O–H groups in total. The molecule has 5 aromatic heterocycles. The normalized spacial score (nSPS) is 18.8. The Balaban J connectivity index is 0.000000156. The fraction of sp³-hybridized carbons (Fsp3) is 0.382. The summed E-state index contributed by atoms with van der Waals surface area (Å²) in [6.45, 7) is 9.80. The second-order valence-corrected chi connectivity index (χ2v) is 16.5. The van der Waals surface area contributed by atoms with Gasteiger partial charge >= 0.3 is 0 Å². The molecule has 0 spiro atoms. The maximum atomic E-state index is 6.07. The largest absolute Gasteiger partial charge is 0.497 e. The number of methoxy groups -OCH3 is 1. The number of thiazole rings is 2. The van der Waals surface area contributed by atoms with Gasteiger partial charge in [0.2, 0.25) is 0 Å². The highest BCUT2D eigenvalue weighted by molar-refractivity contribution is 7.12. The van der Waals surface area contributed by atoms with Crippen LogP contribution in [0, 0.1) is 13.8 Å². The molecule has 8 heterocycles. The molecule has 0 radical (unpaired) electrons. The molecule has 6 aromatic rings. The van der Waals surface area contributed by atoms with Gasteiger partial charge in [-0.2, -0.15) is 24.0 Å². The Morgan fingerprint density at radius 2 is 1.49 bits per heavy atom. The minimum Gasteiger partial charge on any atom is -0.497 e. The lowest BCUT2D eigenvalue weighted by molar-refractivity contribution is 0.0533. The molecule has 0 bridgehead atoms. The molecule has 3 aliphatic heterocycles. The van der Waals surface area contributed by atoms with Gasteiger partial charge in [-0.05, 0) is 68.5 Å². The molecule has 1 aromatic carbocycles. The van der Waals surface area contributed by atoms with Gasteiger partial charge < -0.3 is 14.2 Å². The molecule has 13 nitrogen and oxygen atoms in total. The van der Waals surface area contributed by atoms with Gasteiger partial charge in [0.05, 0.1) is 84.7 Å². The quantitative estimate of drug-likeness (QED) is 0.171. The number of fused-ring (bicyclic) bond motifs is 6. The molecule has 51 heavy (non-hydrogen) atoms. The zero-order valence-electron chi connectivity index (χ0n) is 28.6. The molecule has 17 heteroatoms. The van der Waals surface area contributed by atoms with Gasteiger partial charge in [0.15, 0.2) is 0 Å². The Morgan fingerprint density at radius 1 is 0.824 bits per heavy atom. The lowest BCUT2D eigenvalue weighted by Crippen LogP contribution is -2.23. The number of ether oxygens (including phenoxy) is 3. The predicted molar refractivity (Wildman–Crippen MR) is 199 cm³/mol. The van der Waals surface area contributed by atoms with Crippen LogP contribution >= 0.6 is 45.7 Å². The van der Waals surface area contributed by atoms with E-state index in [1.54, 1.807) is 29.8 Å². The molecule has 262 valence electrons. The van der Waals surface area contributed by atoms with Crippen LogP contribution in [0.25, 0.3) is 11.3 Å². The molecule has 0 saturated heterocycles. The van der Waals surface area contributed by atoms with Gasteiger partial charge in [0, 0.05) is 18.0 Å². The summed E-state index contributed by atoms with van der Waals surface area (Å²) < 4.78 is 27.8. The van der Waals surface area contributed by atoms with Crippen LogP contribution in [-0.4, -0.2) is 63.6 Å². The fourth-order valence-corrected chi connectivity index (χ4v) is 9.06. The van der Waals surface area contributed by atoms with Crippen molar-refractivity contribution in [2.75, 3.05) is 7.11 Å². The van der Waals surface area contributed by atoms with Crippen LogP contribution in [-0.2, 0) is 42.1 Å². The highest BCUT2D eigenvalue weighted by atomic mass is 32.1. The van der Waals surface area contributed by atoms with Crippen LogP contribution < -0.4 is 4.74 Å². The second kappa shape index (κ2) is 14.5. The van der Waals surface area contributed by atoms with Crippen molar-refractivity contribution in [2.24, 2.45) is 10.2 Å². The summed E-state index contributed by atoms with van der Waals surface area (Å²) in [5.74, 6) is 2.57. The summed E-state index contributed by atoms with van der Waals surface area (Å²) in [6, 6.07) is 8.05. The standard InChI is InChI=1S/C21H21N5O2S2.C13H13N5OS2/c1-12-20-16(10-26(24-20)9-14-4-6-15(27-3)7-5-14)21-17(11-28-12)29-19(23-21)8-18-22-13(2)30-25-18;1-6-12-8(4-14-17-12)13-9(5-19-6)20-11(16-13)3-10-15-7(2)21-18-10/h4-7,10,12H,8-9,11H2,1-3H3;4,6,8H,3,5H2,1-2H3. The molecular formula is C34H34N10O3S4. The lowest BCUT2D eigenvalue weighted by Gasteiger charge is -2.11. The predicted octanol–water partition coefficient (Wildman–Crippen LogP) is 6.74. The maximum absolute atomic E-state index is 6.07. The summed E-state index contributed by atoms with van der Waals surface area (Å²) in [4.78, 5) is 20.9. The zero-order chi connectivity index (χ0) is 35.1.